The molecule has 5 nitrogen and oxygen atoms in total. The van der Waals surface area contributed by atoms with E-state index in [4.69, 9.17) is 9.47 Å². The molecule has 2 aliphatic carbocycles. The molecule has 0 aromatic heterocycles. The summed E-state index contributed by atoms with van der Waals surface area (Å²) in [6, 6.07) is 0. The number of rotatable bonds is 9. The molecule has 3 rings (SSSR count). The SMILES string of the molecule is CCO[C@H]1OC(C(=O)NCC2CC2)=C[C@@H](C2CCCC2)[C@H]1CCCO. The van der Waals surface area contributed by atoms with Gasteiger partial charge in [-0.25, -0.2) is 0 Å². The van der Waals surface area contributed by atoms with E-state index in [2.05, 4.69) is 11.4 Å². The van der Waals surface area contributed by atoms with Crippen LogP contribution in [0.15, 0.2) is 11.8 Å². The van der Waals surface area contributed by atoms with Crippen LogP contribution in [0.2, 0.25) is 0 Å². The maximum Gasteiger partial charge on any atom is 0.286 e. The van der Waals surface area contributed by atoms with Crippen molar-refractivity contribution in [2.75, 3.05) is 19.8 Å². The van der Waals surface area contributed by atoms with Gasteiger partial charge < -0.3 is 19.9 Å². The first kappa shape index (κ1) is 18.7. The third-order valence-electron chi connectivity index (χ3n) is 5.87. The summed E-state index contributed by atoms with van der Waals surface area (Å²) in [4.78, 5) is 12.6. The van der Waals surface area contributed by atoms with E-state index >= 15 is 0 Å². The number of aliphatic hydroxyl groups is 1. The van der Waals surface area contributed by atoms with E-state index < -0.39 is 0 Å². The third kappa shape index (κ3) is 4.98. The third-order valence-corrected chi connectivity index (χ3v) is 5.87. The topological polar surface area (TPSA) is 67.8 Å². The molecule has 25 heavy (non-hydrogen) atoms. The van der Waals surface area contributed by atoms with E-state index in [1.54, 1.807) is 0 Å². The summed E-state index contributed by atoms with van der Waals surface area (Å²) in [7, 11) is 0. The lowest BCUT2D eigenvalue weighted by atomic mass is 9.76. The molecule has 3 aliphatic rings. The van der Waals surface area contributed by atoms with Gasteiger partial charge in [-0.3, -0.25) is 4.79 Å². The van der Waals surface area contributed by atoms with Gasteiger partial charge in [0.15, 0.2) is 5.76 Å². The van der Waals surface area contributed by atoms with Crippen molar-refractivity contribution in [1.82, 2.24) is 5.32 Å². The number of nitrogens with one attached hydrogen (secondary N) is 1. The summed E-state index contributed by atoms with van der Waals surface area (Å²) < 4.78 is 11.9. The zero-order valence-corrected chi connectivity index (χ0v) is 15.4. The minimum absolute atomic E-state index is 0.0970. The van der Waals surface area contributed by atoms with Crippen LogP contribution < -0.4 is 5.32 Å². The average molecular weight is 351 g/mol. The highest BCUT2D eigenvalue weighted by atomic mass is 16.7. The Kier molecular flexibility index (Phi) is 6.77. The second-order valence-electron chi connectivity index (χ2n) is 7.78. The van der Waals surface area contributed by atoms with Crippen molar-refractivity contribution in [1.29, 1.82) is 0 Å². The number of aliphatic hydroxyl groups excluding tert-OH is 1. The summed E-state index contributed by atoms with van der Waals surface area (Å²) in [6.07, 6.45) is 10.7. The molecule has 3 atom stereocenters. The lowest BCUT2D eigenvalue weighted by molar-refractivity contribution is -0.176. The van der Waals surface area contributed by atoms with Gasteiger partial charge in [0, 0.05) is 25.7 Å². The molecular formula is C20H33NO4. The molecule has 1 amide bonds. The van der Waals surface area contributed by atoms with Crippen LogP contribution in [-0.4, -0.2) is 37.1 Å². The summed E-state index contributed by atoms with van der Waals surface area (Å²) in [5.41, 5.74) is 0. The van der Waals surface area contributed by atoms with Gasteiger partial charge in [-0.15, -0.1) is 0 Å². The quantitative estimate of drug-likeness (QED) is 0.670. The first-order chi connectivity index (χ1) is 12.2. The Labute approximate surface area is 151 Å². The second kappa shape index (κ2) is 9.04. The number of allylic oxidation sites excluding steroid dienone is 1. The summed E-state index contributed by atoms with van der Waals surface area (Å²) >= 11 is 0. The highest BCUT2D eigenvalue weighted by Crippen LogP contribution is 2.43. The predicted octanol–water partition coefficient (Wildman–Crippen LogP) is 2.98. The molecule has 0 aromatic carbocycles. The predicted molar refractivity (Wildman–Crippen MR) is 95.6 cm³/mol. The highest BCUT2D eigenvalue weighted by molar-refractivity contribution is 5.91. The molecule has 2 saturated carbocycles. The zero-order chi connectivity index (χ0) is 17.6. The van der Waals surface area contributed by atoms with Crippen molar-refractivity contribution in [3.63, 3.8) is 0 Å². The molecule has 142 valence electrons. The van der Waals surface area contributed by atoms with E-state index in [1.807, 2.05) is 6.92 Å². The molecule has 1 heterocycles. The van der Waals surface area contributed by atoms with E-state index in [9.17, 15) is 9.90 Å². The van der Waals surface area contributed by atoms with Crippen LogP contribution in [0.1, 0.15) is 58.3 Å². The molecule has 0 bridgehead atoms. The monoisotopic (exact) mass is 351 g/mol. The van der Waals surface area contributed by atoms with E-state index in [1.165, 1.54) is 38.5 Å². The Balaban J connectivity index is 1.75. The number of ether oxygens (including phenoxy) is 2. The fraction of sp³-hybridized carbons (Fsp3) is 0.850. The Morgan fingerprint density at radius 1 is 1.32 bits per heavy atom. The lowest BCUT2D eigenvalue weighted by Gasteiger charge is -2.39. The van der Waals surface area contributed by atoms with Gasteiger partial charge in [-0.1, -0.05) is 12.8 Å². The second-order valence-corrected chi connectivity index (χ2v) is 7.78. The van der Waals surface area contributed by atoms with Crippen molar-refractivity contribution < 1.29 is 19.4 Å². The van der Waals surface area contributed by atoms with Gasteiger partial charge >= 0.3 is 0 Å². The first-order valence-electron chi connectivity index (χ1n) is 10.1. The first-order valence-corrected chi connectivity index (χ1v) is 10.1. The van der Waals surface area contributed by atoms with Gasteiger partial charge in [0.1, 0.15) is 0 Å². The zero-order valence-electron chi connectivity index (χ0n) is 15.4. The highest BCUT2D eigenvalue weighted by Gasteiger charge is 2.41. The Bertz CT molecular complexity index is 468. The minimum Gasteiger partial charge on any atom is -0.459 e. The van der Waals surface area contributed by atoms with E-state index in [0.29, 0.717) is 30.1 Å². The van der Waals surface area contributed by atoms with Crippen LogP contribution in [0.4, 0.5) is 0 Å². The average Bonchev–Trinajstić information content (AvgIpc) is 3.29. The lowest BCUT2D eigenvalue weighted by Crippen LogP contribution is -2.41. The van der Waals surface area contributed by atoms with Gasteiger partial charge in [0.2, 0.25) is 6.29 Å². The maximum atomic E-state index is 12.6. The van der Waals surface area contributed by atoms with Gasteiger partial charge in [0.05, 0.1) is 0 Å². The molecule has 0 saturated heterocycles. The van der Waals surface area contributed by atoms with Crippen LogP contribution in [0.25, 0.3) is 0 Å². The molecular weight excluding hydrogens is 318 g/mol. The van der Waals surface area contributed by atoms with E-state index in [0.717, 1.165) is 19.4 Å². The fourth-order valence-corrected chi connectivity index (χ4v) is 4.31. The Morgan fingerprint density at radius 3 is 2.72 bits per heavy atom. The normalized spacial score (nSPS) is 30.0. The molecule has 0 aromatic rings. The molecule has 0 unspecified atom stereocenters. The van der Waals surface area contributed by atoms with Crippen LogP contribution >= 0.6 is 0 Å². The number of carbonyl (C=O) groups excluding carboxylic acids is 1. The van der Waals surface area contributed by atoms with Gasteiger partial charge in [0.25, 0.3) is 5.91 Å². The molecule has 0 spiro atoms. The van der Waals surface area contributed by atoms with Crippen molar-refractivity contribution in [3.05, 3.63) is 11.8 Å². The number of hydrogen-bond acceptors (Lipinski definition) is 4. The van der Waals surface area contributed by atoms with Crippen molar-refractivity contribution >= 4 is 5.91 Å². The molecule has 2 N–H and O–H groups in total. The number of hydrogen-bond donors (Lipinski definition) is 2. The van der Waals surface area contributed by atoms with Crippen molar-refractivity contribution in [2.45, 2.75) is 64.6 Å². The molecule has 0 radical (unpaired) electrons. The molecule has 1 aliphatic heterocycles. The number of carbonyl (C=O) groups is 1. The van der Waals surface area contributed by atoms with Crippen molar-refractivity contribution in [3.8, 4) is 0 Å². The minimum atomic E-state index is -0.381. The largest absolute Gasteiger partial charge is 0.459 e. The maximum absolute atomic E-state index is 12.6. The van der Waals surface area contributed by atoms with Crippen LogP contribution in [0.5, 0.6) is 0 Å². The summed E-state index contributed by atoms with van der Waals surface area (Å²) in [5, 5.41) is 12.3. The van der Waals surface area contributed by atoms with Crippen LogP contribution in [0.3, 0.4) is 0 Å². The molecule has 5 heteroatoms. The van der Waals surface area contributed by atoms with Gasteiger partial charge in [-0.2, -0.15) is 0 Å². The fourth-order valence-electron chi connectivity index (χ4n) is 4.31. The van der Waals surface area contributed by atoms with Crippen molar-refractivity contribution in [2.24, 2.45) is 23.7 Å². The number of amides is 1. The summed E-state index contributed by atoms with van der Waals surface area (Å²) in [5.74, 6) is 2.12. The standard InChI is InChI=1S/C20H33NO4/c1-2-24-20-16(8-5-11-22)17(15-6-3-4-7-15)12-18(25-20)19(23)21-13-14-9-10-14/h12,14-17,20,22H,2-11,13H2,1H3,(H,21,23)/t16-,17+,20+/m1/s1. The van der Waals surface area contributed by atoms with Gasteiger partial charge in [-0.05, 0) is 69.3 Å². The van der Waals surface area contributed by atoms with Crippen LogP contribution in [-0.2, 0) is 14.3 Å². The van der Waals surface area contributed by atoms with E-state index in [-0.39, 0.29) is 24.7 Å². The molecule has 2 fully saturated rings. The smallest absolute Gasteiger partial charge is 0.286 e. The van der Waals surface area contributed by atoms with Crippen LogP contribution in [0, 0.1) is 23.7 Å². The Morgan fingerprint density at radius 2 is 2.08 bits per heavy atom. The Hall–Kier alpha value is -1.07. The summed E-state index contributed by atoms with van der Waals surface area (Å²) in [6.45, 7) is 3.46.